The van der Waals surface area contributed by atoms with Crippen molar-refractivity contribution in [3.8, 4) is 0 Å². The van der Waals surface area contributed by atoms with Gasteiger partial charge < -0.3 is 18.9 Å². The summed E-state index contributed by atoms with van der Waals surface area (Å²) < 4.78 is 22.3. The molecule has 8 nitrogen and oxygen atoms in total. The summed E-state index contributed by atoms with van der Waals surface area (Å²) in [6, 6.07) is 0. The molecule has 4 rings (SSSR count). The molecule has 0 aromatic rings. The highest BCUT2D eigenvalue weighted by atomic mass is 16.6. The quantitative estimate of drug-likeness (QED) is 0.481. The van der Waals surface area contributed by atoms with E-state index in [1.807, 2.05) is 25.7 Å². The Morgan fingerprint density at radius 2 is 1.93 bits per heavy atom. The van der Waals surface area contributed by atoms with Crippen LogP contribution in [-0.2, 0) is 33.3 Å². The van der Waals surface area contributed by atoms with E-state index in [2.05, 4.69) is 0 Å². The number of morpholine rings is 1. The minimum absolute atomic E-state index is 0.0685. The molecule has 0 radical (unpaired) electrons. The summed E-state index contributed by atoms with van der Waals surface area (Å²) in [6.07, 6.45) is 0.334. The second-order valence-electron chi connectivity index (χ2n) is 8.89. The van der Waals surface area contributed by atoms with E-state index in [9.17, 15) is 14.4 Å². The van der Waals surface area contributed by atoms with Gasteiger partial charge in [-0.2, -0.15) is 0 Å². The van der Waals surface area contributed by atoms with Gasteiger partial charge in [-0.1, -0.05) is 6.92 Å². The molecule has 0 amide bonds. The van der Waals surface area contributed by atoms with Gasteiger partial charge in [-0.05, 0) is 26.7 Å². The lowest BCUT2D eigenvalue weighted by Gasteiger charge is -2.33. The number of rotatable bonds is 6. The monoisotopic (exact) mass is 395 g/mol. The van der Waals surface area contributed by atoms with Gasteiger partial charge in [-0.3, -0.25) is 19.3 Å². The predicted molar refractivity (Wildman–Crippen MR) is 96.1 cm³/mol. The zero-order valence-corrected chi connectivity index (χ0v) is 16.7. The van der Waals surface area contributed by atoms with E-state index in [0.29, 0.717) is 39.1 Å². The first-order valence-corrected chi connectivity index (χ1v) is 10.2. The molecule has 156 valence electrons. The number of nitrogens with zero attached hydrogens (tertiary/aromatic N) is 1. The Kier molecular flexibility index (Phi) is 5.12. The second kappa shape index (κ2) is 7.30. The number of hydrogen-bond donors (Lipinski definition) is 0. The van der Waals surface area contributed by atoms with Crippen LogP contribution in [-0.4, -0.2) is 73.5 Å². The number of carbonyl (C=O) groups is 3. The third-order valence-corrected chi connectivity index (χ3v) is 6.77. The van der Waals surface area contributed by atoms with Gasteiger partial charge in [0, 0.05) is 24.9 Å². The first-order valence-electron chi connectivity index (χ1n) is 10.2. The van der Waals surface area contributed by atoms with Gasteiger partial charge in [-0.15, -0.1) is 0 Å². The third kappa shape index (κ3) is 3.41. The van der Waals surface area contributed by atoms with E-state index in [1.54, 1.807) is 0 Å². The van der Waals surface area contributed by atoms with Crippen molar-refractivity contribution in [3.05, 3.63) is 0 Å². The molecule has 0 N–H and O–H groups in total. The van der Waals surface area contributed by atoms with Crippen LogP contribution in [0.2, 0.25) is 0 Å². The van der Waals surface area contributed by atoms with E-state index < -0.39 is 29.6 Å². The standard InChI is InChI=1S/C20H29NO7/c1-4-20(2,3)28-19(24)15-12-9-11-14(15)18(23)27-17(11)16(12)26-13(22)10-21-5-7-25-8-6-21/h11-12,14-17H,4-10H2,1-3H3. The van der Waals surface area contributed by atoms with Crippen LogP contribution in [0.25, 0.3) is 0 Å². The molecule has 2 saturated heterocycles. The van der Waals surface area contributed by atoms with Crippen LogP contribution in [0.5, 0.6) is 0 Å². The van der Waals surface area contributed by atoms with Crippen molar-refractivity contribution < 1.29 is 33.3 Å². The molecular weight excluding hydrogens is 366 g/mol. The van der Waals surface area contributed by atoms with Crippen molar-refractivity contribution >= 4 is 17.9 Å². The fraction of sp³-hybridized carbons (Fsp3) is 0.850. The van der Waals surface area contributed by atoms with Gasteiger partial charge in [0.25, 0.3) is 0 Å². The van der Waals surface area contributed by atoms with Crippen LogP contribution in [0.15, 0.2) is 0 Å². The summed E-state index contributed by atoms with van der Waals surface area (Å²) in [4.78, 5) is 39.8. The average molecular weight is 395 g/mol. The Labute approximate surface area is 164 Å². The van der Waals surface area contributed by atoms with Gasteiger partial charge in [0.05, 0.1) is 31.6 Å². The molecule has 2 aliphatic heterocycles. The van der Waals surface area contributed by atoms with Crippen molar-refractivity contribution in [2.24, 2.45) is 23.7 Å². The van der Waals surface area contributed by atoms with E-state index in [4.69, 9.17) is 18.9 Å². The predicted octanol–water partition coefficient (Wildman–Crippen LogP) is 0.770. The molecule has 2 aliphatic carbocycles. The zero-order chi connectivity index (χ0) is 20.1. The van der Waals surface area contributed by atoms with Crippen molar-refractivity contribution in [2.75, 3.05) is 32.8 Å². The van der Waals surface area contributed by atoms with Gasteiger partial charge in [0.1, 0.15) is 17.8 Å². The molecule has 2 heterocycles. The normalized spacial score (nSPS) is 37.0. The van der Waals surface area contributed by atoms with Crippen molar-refractivity contribution in [1.29, 1.82) is 0 Å². The molecule has 0 spiro atoms. The summed E-state index contributed by atoms with van der Waals surface area (Å²) in [7, 11) is 0. The van der Waals surface area contributed by atoms with E-state index in [0.717, 1.165) is 0 Å². The summed E-state index contributed by atoms with van der Waals surface area (Å²) in [5.41, 5.74) is -0.594. The lowest BCUT2D eigenvalue weighted by Crippen LogP contribution is -2.47. The van der Waals surface area contributed by atoms with Crippen LogP contribution in [0, 0.1) is 23.7 Å². The molecular formula is C20H29NO7. The van der Waals surface area contributed by atoms with E-state index in [-0.39, 0.29) is 36.3 Å². The van der Waals surface area contributed by atoms with E-state index >= 15 is 0 Å². The molecule has 0 aromatic heterocycles. The molecule has 6 atom stereocenters. The zero-order valence-electron chi connectivity index (χ0n) is 16.7. The minimum atomic E-state index is -0.594. The van der Waals surface area contributed by atoms with Crippen LogP contribution >= 0.6 is 0 Å². The topological polar surface area (TPSA) is 91.4 Å². The van der Waals surface area contributed by atoms with Crippen molar-refractivity contribution in [2.45, 2.75) is 51.4 Å². The number of esters is 3. The average Bonchev–Trinajstić information content (AvgIpc) is 3.26. The minimum Gasteiger partial charge on any atom is -0.459 e. The Morgan fingerprint density at radius 3 is 2.61 bits per heavy atom. The Hall–Kier alpha value is -1.67. The van der Waals surface area contributed by atoms with Gasteiger partial charge >= 0.3 is 17.9 Å². The smallest absolute Gasteiger partial charge is 0.320 e. The molecule has 2 bridgehead atoms. The molecule has 6 unspecified atom stereocenters. The highest BCUT2D eigenvalue weighted by Gasteiger charge is 2.70. The highest BCUT2D eigenvalue weighted by Crippen LogP contribution is 2.59. The molecule has 8 heteroatoms. The number of ether oxygens (including phenoxy) is 4. The summed E-state index contributed by atoms with van der Waals surface area (Å²) in [5, 5.41) is 0. The Bertz CT molecular complexity index is 657. The molecule has 0 aromatic carbocycles. The number of fused-ring (bicyclic) bond motifs is 1. The Morgan fingerprint density at radius 1 is 1.21 bits per heavy atom. The summed E-state index contributed by atoms with van der Waals surface area (Å²) in [5.74, 6) is -2.44. The fourth-order valence-electron chi connectivity index (χ4n) is 5.01. The summed E-state index contributed by atoms with van der Waals surface area (Å²) >= 11 is 0. The van der Waals surface area contributed by atoms with Crippen molar-refractivity contribution in [1.82, 2.24) is 4.90 Å². The maximum atomic E-state index is 12.9. The molecule has 28 heavy (non-hydrogen) atoms. The lowest BCUT2D eigenvalue weighted by atomic mass is 9.78. The van der Waals surface area contributed by atoms with Gasteiger partial charge in [-0.25, -0.2) is 0 Å². The molecule has 4 fully saturated rings. The highest BCUT2D eigenvalue weighted by molar-refractivity contribution is 5.86. The maximum Gasteiger partial charge on any atom is 0.320 e. The third-order valence-electron chi connectivity index (χ3n) is 6.77. The van der Waals surface area contributed by atoms with Gasteiger partial charge in [0.15, 0.2) is 0 Å². The first-order chi connectivity index (χ1) is 13.3. The van der Waals surface area contributed by atoms with Crippen molar-refractivity contribution in [3.63, 3.8) is 0 Å². The van der Waals surface area contributed by atoms with Crippen LogP contribution in [0.3, 0.4) is 0 Å². The SMILES string of the molecule is CCC(C)(C)OC(=O)C1C2CC3C(OC(=O)C31)C2OC(=O)CN1CCOCC1. The lowest BCUT2D eigenvalue weighted by molar-refractivity contribution is -0.173. The number of carbonyl (C=O) groups excluding carboxylic acids is 3. The Balaban J connectivity index is 1.45. The first kappa shape index (κ1) is 19.6. The largest absolute Gasteiger partial charge is 0.459 e. The molecule has 2 saturated carbocycles. The molecule has 4 aliphatic rings. The van der Waals surface area contributed by atoms with Crippen LogP contribution in [0.1, 0.15) is 33.6 Å². The number of hydrogen-bond acceptors (Lipinski definition) is 8. The maximum absolute atomic E-state index is 12.9. The fourth-order valence-corrected chi connectivity index (χ4v) is 5.01. The second-order valence-corrected chi connectivity index (χ2v) is 8.89. The van der Waals surface area contributed by atoms with Gasteiger partial charge in [0.2, 0.25) is 0 Å². The summed E-state index contributed by atoms with van der Waals surface area (Å²) in [6.45, 7) is 8.42. The van der Waals surface area contributed by atoms with Crippen LogP contribution in [0.4, 0.5) is 0 Å². The van der Waals surface area contributed by atoms with E-state index in [1.165, 1.54) is 0 Å². The van der Waals surface area contributed by atoms with Crippen LogP contribution < -0.4 is 0 Å².